The number of nitrogens with zero attached hydrogens (tertiary/aromatic N) is 2. The van der Waals surface area contributed by atoms with Gasteiger partial charge in [0.25, 0.3) is 5.69 Å². The third kappa shape index (κ3) is 5.47. The molecule has 0 N–H and O–H groups in total. The minimum absolute atomic E-state index is 0.0169. The van der Waals surface area contributed by atoms with Crippen molar-refractivity contribution in [1.82, 2.24) is 0 Å². The number of hydrogen-bond acceptors (Lipinski definition) is 8. The van der Waals surface area contributed by atoms with Crippen LogP contribution in [0, 0.1) is 26.1 Å². The molecule has 1 rings (SSSR count). The van der Waals surface area contributed by atoms with Gasteiger partial charge in [0.1, 0.15) is 0 Å². The number of nitro benzene ring substituents is 1. The van der Waals surface area contributed by atoms with Gasteiger partial charge < -0.3 is 9.47 Å². The van der Waals surface area contributed by atoms with Gasteiger partial charge in [-0.1, -0.05) is 19.1 Å². The van der Waals surface area contributed by atoms with Gasteiger partial charge in [0.05, 0.1) is 24.1 Å². The van der Waals surface area contributed by atoms with Crippen LogP contribution in [-0.4, -0.2) is 41.0 Å². The van der Waals surface area contributed by atoms with E-state index < -0.39 is 39.7 Å². The smallest absolute Gasteiger partial charge is 0.321 e. The lowest BCUT2D eigenvalue weighted by molar-refractivity contribution is -0.528. The number of carbonyl (C=O) groups excluding carboxylic acids is 2. The average molecular weight is 382 g/mol. The molecule has 0 aliphatic heterocycles. The van der Waals surface area contributed by atoms with Gasteiger partial charge >= 0.3 is 11.9 Å². The Bertz CT molecular complexity index is 671. The first-order valence-electron chi connectivity index (χ1n) is 8.49. The number of benzene rings is 1. The zero-order chi connectivity index (χ0) is 20.6. The molecule has 0 fully saturated rings. The van der Waals surface area contributed by atoms with Crippen molar-refractivity contribution in [2.45, 2.75) is 39.2 Å². The lowest BCUT2D eigenvalue weighted by Gasteiger charge is -2.26. The molecule has 0 saturated heterocycles. The van der Waals surface area contributed by atoms with E-state index in [0.29, 0.717) is 0 Å². The molecule has 10 heteroatoms. The summed E-state index contributed by atoms with van der Waals surface area (Å²) in [4.78, 5) is 46.1. The van der Waals surface area contributed by atoms with Crippen LogP contribution in [0.15, 0.2) is 24.3 Å². The standard InChI is InChI=1S/C17H22N2O8/c1-4-13(19(24)25)14(11-7-9-12(10-8-11)18(22)23)15(16(20)26-5-2)17(21)27-6-3/h7-10,13-15H,4-6H2,1-3H3/t13-,14-/m0/s1. The van der Waals surface area contributed by atoms with Gasteiger partial charge in [-0.2, -0.15) is 0 Å². The van der Waals surface area contributed by atoms with Gasteiger partial charge in [-0.05, 0) is 19.4 Å². The van der Waals surface area contributed by atoms with E-state index in [0.717, 1.165) is 0 Å². The molecule has 0 saturated carbocycles. The molecule has 0 unspecified atom stereocenters. The topological polar surface area (TPSA) is 139 Å². The largest absolute Gasteiger partial charge is 0.465 e. The van der Waals surface area contributed by atoms with Crippen molar-refractivity contribution in [3.8, 4) is 0 Å². The minimum Gasteiger partial charge on any atom is -0.465 e. The van der Waals surface area contributed by atoms with E-state index in [2.05, 4.69) is 0 Å². The molecule has 1 aromatic rings. The molecule has 10 nitrogen and oxygen atoms in total. The Hall–Kier alpha value is -3.04. The summed E-state index contributed by atoms with van der Waals surface area (Å²) in [7, 11) is 0. The molecule has 0 radical (unpaired) electrons. The van der Waals surface area contributed by atoms with Crippen molar-refractivity contribution < 1.29 is 28.9 Å². The second kappa shape index (κ2) is 10.2. The van der Waals surface area contributed by atoms with E-state index in [1.807, 2.05) is 0 Å². The summed E-state index contributed by atoms with van der Waals surface area (Å²) in [6.07, 6.45) is 0.0317. The summed E-state index contributed by atoms with van der Waals surface area (Å²) in [5, 5.41) is 22.4. The van der Waals surface area contributed by atoms with Crippen molar-refractivity contribution in [2.24, 2.45) is 5.92 Å². The molecule has 2 atom stereocenters. The van der Waals surface area contributed by atoms with Crippen LogP contribution in [0.4, 0.5) is 5.69 Å². The van der Waals surface area contributed by atoms with Crippen molar-refractivity contribution in [3.63, 3.8) is 0 Å². The molecule has 0 spiro atoms. The van der Waals surface area contributed by atoms with E-state index in [-0.39, 0.29) is 30.9 Å². The van der Waals surface area contributed by atoms with Crippen LogP contribution in [0.25, 0.3) is 0 Å². The number of non-ortho nitro benzene ring substituents is 1. The Labute approximate surface area is 155 Å². The first-order chi connectivity index (χ1) is 12.8. The van der Waals surface area contributed by atoms with Crippen molar-refractivity contribution in [1.29, 1.82) is 0 Å². The maximum absolute atomic E-state index is 12.4. The summed E-state index contributed by atoms with van der Waals surface area (Å²) < 4.78 is 9.88. The average Bonchev–Trinajstić information content (AvgIpc) is 2.61. The predicted molar refractivity (Wildman–Crippen MR) is 93.7 cm³/mol. The van der Waals surface area contributed by atoms with Crippen LogP contribution in [0.5, 0.6) is 0 Å². The highest BCUT2D eigenvalue weighted by atomic mass is 16.6. The van der Waals surface area contributed by atoms with E-state index in [4.69, 9.17) is 9.47 Å². The lowest BCUT2D eigenvalue weighted by Crippen LogP contribution is -2.41. The first kappa shape index (κ1) is 22.0. The highest BCUT2D eigenvalue weighted by molar-refractivity contribution is 5.96. The van der Waals surface area contributed by atoms with Crippen LogP contribution >= 0.6 is 0 Å². The number of ether oxygens (including phenoxy) is 2. The summed E-state index contributed by atoms with van der Waals surface area (Å²) >= 11 is 0. The molecule has 148 valence electrons. The summed E-state index contributed by atoms with van der Waals surface area (Å²) in [6, 6.07) is 3.66. The van der Waals surface area contributed by atoms with Crippen LogP contribution in [0.1, 0.15) is 38.7 Å². The van der Waals surface area contributed by atoms with Crippen LogP contribution in [-0.2, 0) is 19.1 Å². The van der Waals surface area contributed by atoms with E-state index in [9.17, 15) is 29.8 Å². The quantitative estimate of drug-likeness (QED) is 0.260. The first-order valence-corrected chi connectivity index (χ1v) is 8.49. The van der Waals surface area contributed by atoms with Gasteiger partial charge in [-0.3, -0.25) is 29.8 Å². The Balaban J connectivity index is 3.51. The number of hydrogen-bond donors (Lipinski definition) is 0. The fourth-order valence-electron chi connectivity index (χ4n) is 2.84. The van der Waals surface area contributed by atoms with Gasteiger partial charge in [-0.15, -0.1) is 0 Å². The third-order valence-corrected chi connectivity index (χ3v) is 4.03. The molecule has 0 aliphatic rings. The summed E-state index contributed by atoms with van der Waals surface area (Å²) in [5.74, 6) is -4.61. The molecular formula is C17H22N2O8. The maximum Gasteiger partial charge on any atom is 0.321 e. The number of nitro groups is 2. The van der Waals surface area contributed by atoms with Gasteiger partial charge in [0.15, 0.2) is 5.92 Å². The predicted octanol–water partition coefficient (Wildman–Crippen LogP) is 2.48. The summed E-state index contributed by atoms with van der Waals surface area (Å²) in [6.45, 7) is 4.62. The third-order valence-electron chi connectivity index (χ3n) is 4.03. The highest BCUT2D eigenvalue weighted by Crippen LogP contribution is 2.34. The molecule has 0 bridgehead atoms. The van der Waals surface area contributed by atoms with E-state index >= 15 is 0 Å². The van der Waals surface area contributed by atoms with Gasteiger partial charge in [0, 0.05) is 23.5 Å². The number of rotatable bonds is 10. The van der Waals surface area contributed by atoms with Crippen molar-refractivity contribution >= 4 is 17.6 Å². The number of esters is 2. The second-order valence-electron chi connectivity index (χ2n) is 5.62. The Kier molecular flexibility index (Phi) is 8.31. The summed E-state index contributed by atoms with van der Waals surface area (Å²) in [5.41, 5.74) is 0.0331. The molecule has 1 aromatic carbocycles. The van der Waals surface area contributed by atoms with Gasteiger partial charge in [-0.25, -0.2) is 0 Å². The zero-order valence-corrected chi connectivity index (χ0v) is 15.3. The second-order valence-corrected chi connectivity index (χ2v) is 5.62. The number of carbonyl (C=O) groups is 2. The zero-order valence-electron chi connectivity index (χ0n) is 15.3. The highest BCUT2D eigenvalue weighted by Gasteiger charge is 2.47. The van der Waals surface area contributed by atoms with Crippen LogP contribution in [0.2, 0.25) is 0 Å². The Morgan fingerprint density at radius 1 is 0.963 bits per heavy atom. The van der Waals surface area contributed by atoms with Crippen molar-refractivity contribution in [3.05, 3.63) is 50.1 Å². The molecule has 0 heterocycles. The van der Waals surface area contributed by atoms with Crippen molar-refractivity contribution in [2.75, 3.05) is 13.2 Å². The van der Waals surface area contributed by atoms with Gasteiger partial charge in [0.2, 0.25) is 6.04 Å². The SMILES string of the molecule is CCOC(=O)C(C(=O)OCC)[C@@H](c1ccc([N+](=O)[O-])cc1)[C@H](CC)[N+](=O)[O-]. The molecular weight excluding hydrogens is 360 g/mol. The minimum atomic E-state index is -1.55. The molecule has 0 amide bonds. The normalized spacial score (nSPS) is 12.9. The molecule has 0 aliphatic carbocycles. The fourth-order valence-corrected chi connectivity index (χ4v) is 2.84. The van der Waals surface area contributed by atoms with Crippen LogP contribution < -0.4 is 0 Å². The van der Waals surface area contributed by atoms with E-state index in [1.54, 1.807) is 20.8 Å². The maximum atomic E-state index is 12.4. The monoisotopic (exact) mass is 382 g/mol. The molecule has 0 aromatic heterocycles. The Morgan fingerprint density at radius 2 is 1.44 bits per heavy atom. The Morgan fingerprint density at radius 3 is 1.78 bits per heavy atom. The van der Waals surface area contributed by atoms with Crippen LogP contribution in [0.3, 0.4) is 0 Å². The molecule has 27 heavy (non-hydrogen) atoms. The fraction of sp³-hybridized carbons (Fsp3) is 0.529. The lowest BCUT2D eigenvalue weighted by atomic mass is 9.79. The van der Waals surface area contributed by atoms with E-state index in [1.165, 1.54) is 24.3 Å².